The van der Waals surface area contributed by atoms with Gasteiger partial charge in [0.15, 0.2) is 16.9 Å². The minimum absolute atomic E-state index is 0.137. The van der Waals surface area contributed by atoms with Gasteiger partial charge in [-0.25, -0.2) is 4.79 Å². The number of rotatable bonds is 6. The summed E-state index contributed by atoms with van der Waals surface area (Å²) >= 11 is 1.37. The maximum atomic E-state index is 13.0. The van der Waals surface area contributed by atoms with E-state index < -0.39 is 12.1 Å². The molecule has 0 N–H and O–H groups in total. The van der Waals surface area contributed by atoms with Gasteiger partial charge in [0.1, 0.15) is 6.10 Å². The fourth-order valence-electron chi connectivity index (χ4n) is 4.24. The molecule has 0 aliphatic heterocycles. The topological polar surface area (TPSA) is 84.0 Å². The Morgan fingerprint density at radius 1 is 1.00 bits per heavy atom. The number of carbonyl (C=O) groups excluding carboxylic acids is 1. The second-order valence-corrected chi connectivity index (χ2v) is 8.48. The van der Waals surface area contributed by atoms with E-state index in [9.17, 15) is 9.59 Å². The normalized spacial score (nSPS) is 14.3. The van der Waals surface area contributed by atoms with Gasteiger partial charge in [0, 0.05) is 23.5 Å². The van der Waals surface area contributed by atoms with E-state index in [1.807, 2.05) is 18.4 Å². The predicted octanol–water partition coefficient (Wildman–Crippen LogP) is 4.70. The zero-order valence-electron chi connectivity index (χ0n) is 19.4. The molecule has 1 aromatic heterocycles. The van der Waals surface area contributed by atoms with Gasteiger partial charge in [-0.3, -0.25) is 9.78 Å². The summed E-state index contributed by atoms with van der Waals surface area (Å²) in [6.45, 7) is 0. The van der Waals surface area contributed by atoms with Crippen molar-refractivity contribution >= 4 is 17.7 Å². The van der Waals surface area contributed by atoms with Crippen molar-refractivity contribution in [1.82, 2.24) is 4.98 Å². The molecule has 176 valence electrons. The lowest BCUT2D eigenvalue weighted by molar-refractivity contribution is 0.0280. The van der Waals surface area contributed by atoms with Crippen LogP contribution in [0.5, 0.6) is 17.2 Å². The minimum Gasteiger partial charge on any atom is -0.493 e. The van der Waals surface area contributed by atoms with Crippen LogP contribution in [0.2, 0.25) is 0 Å². The predicted molar refractivity (Wildman–Crippen MR) is 130 cm³/mol. The highest BCUT2D eigenvalue weighted by atomic mass is 32.2. The van der Waals surface area contributed by atoms with Gasteiger partial charge in [-0.05, 0) is 60.6 Å². The lowest BCUT2D eigenvalue weighted by Crippen LogP contribution is -2.13. The molecule has 3 aromatic rings. The number of fused-ring (bicyclic) bond motifs is 3. The number of nitrogens with zero attached hydrogens (tertiary/aromatic N) is 1. The molecule has 0 amide bonds. The van der Waals surface area contributed by atoms with E-state index in [2.05, 4.69) is 4.98 Å². The molecule has 0 fully saturated rings. The third-order valence-corrected chi connectivity index (χ3v) is 6.61. The highest BCUT2D eigenvalue weighted by Gasteiger charge is 2.31. The fraction of sp³-hybridized carbons (Fsp3) is 0.269. The average molecular weight is 480 g/mol. The molecule has 4 rings (SSSR count). The van der Waals surface area contributed by atoms with Gasteiger partial charge in [-0.2, -0.15) is 0 Å². The van der Waals surface area contributed by atoms with E-state index in [-0.39, 0.29) is 5.43 Å². The van der Waals surface area contributed by atoms with Gasteiger partial charge in [-0.15, -0.1) is 11.8 Å². The summed E-state index contributed by atoms with van der Waals surface area (Å²) in [6.07, 6.45) is 5.34. The molecule has 0 unspecified atom stereocenters. The van der Waals surface area contributed by atoms with Gasteiger partial charge in [-0.1, -0.05) is 6.07 Å². The van der Waals surface area contributed by atoms with Crippen molar-refractivity contribution in [1.29, 1.82) is 0 Å². The van der Waals surface area contributed by atoms with E-state index in [1.165, 1.54) is 24.2 Å². The Morgan fingerprint density at radius 3 is 2.38 bits per heavy atom. The number of thioether (sulfide) groups is 1. The summed E-state index contributed by atoms with van der Waals surface area (Å²) in [5, 5.41) is 0. The molecule has 0 saturated heterocycles. The van der Waals surface area contributed by atoms with Crippen molar-refractivity contribution in [2.45, 2.75) is 23.8 Å². The smallest absolute Gasteiger partial charge is 0.338 e. The number of methoxy groups -OCH3 is 3. The van der Waals surface area contributed by atoms with Crippen molar-refractivity contribution < 1.29 is 23.7 Å². The number of hydrogen-bond donors (Lipinski definition) is 0. The van der Waals surface area contributed by atoms with Crippen LogP contribution in [-0.4, -0.2) is 38.5 Å². The zero-order chi connectivity index (χ0) is 24.2. The maximum absolute atomic E-state index is 13.0. The number of esters is 1. The van der Waals surface area contributed by atoms with Gasteiger partial charge in [0.05, 0.1) is 31.8 Å². The van der Waals surface area contributed by atoms with E-state index in [0.29, 0.717) is 46.1 Å². The molecule has 34 heavy (non-hydrogen) atoms. The number of pyridine rings is 1. The number of aryl methyl sites for hydroxylation is 1. The number of benzene rings is 1. The van der Waals surface area contributed by atoms with Crippen LogP contribution in [0.1, 0.15) is 34.0 Å². The summed E-state index contributed by atoms with van der Waals surface area (Å²) in [5.74, 6) is 1.03. The van der Waals surface area contributed by atoms with Crippen LogP contribution in [0.4, 0.5) is 0 Å². The van der Waals surface area contributed by atoms with Crippen molar-refractivity contribution in [2.24, 2.45) is 0 Å². The molecule has 1 heterocycles. The first-order chi connectivity index (χ1) is 16.5. The lowest BCUT2D eigenvalue weighted by Gasteiger charge is -2.19. The molecule has 1 atom stereocenters. The van der Waals surface area contributed by atoms with Gasteiger partial charge < -0.3 is 18.9 Å². The van der Waals surface area contributed by atoms with Crippen LogP contribution in [0.25, 0.3) is 11.1 Å². The van der Waals surface area contributed by atoms with Crippen LogP contribution in [0, 0.1) is 0 Å². The Bertz CT molecular complexity index is 1280. The lowest BCUT2D eigenvalue weighted by atomic mass is 9.96. The Morgan fingerprint density at radius 2 is 1.74 bits per heavy atom. The third kappa shape index (κ3) is 4.33. The van der Waals surface area contributed by atoms with E-state index in [0.717, 1.165) is 16.7 Å². The van der Waals surface area contributed by atoms with Crippen molar-refractivity contribution in [3.63, 3.8) is 0 Å². The van der Waals surface area contributed by atoms with E-state index in [1.54, 1.807) is 45.6 Å². The van der Waals surface area contributed by atoms with Crippen molar-refractivity contribution in [3.05, 3.63) is 75.7 Å². The zero-order valence-corrected chi connectivity index (χ0v) is 20.2. The molecule has 0 radical (unpaired) electrons. The van der Waals surface area contributed by atoms with Gasteiger partial charge in [0.2, 0.25) is 5.75 Å². The molecule has 7 nitrogen and oxygen atoms in total. The van der Waals surface area contributed by atoms with Gasteiger partial charge >= 0.3 is 5.97 Å². The second-order valence-electron chi connectivity index (χ2n) is 7.63. The highest BCUT2D eigenvalue weighted by Crippen LogP contribution is 2.50. The monoisotopic (exact) mass is 479 g/mol. The third-order valence-electron chi connectivity index (χ3n) is 5.83. The standard InChI is InChI=1S/C26H25NO6S/c1-30-21-13-16-5-7-20(33-26(29)15-9-11-27-12-10-15)18-14-19(28)22(34-4)8-6-17(18)23(16)25(32-3)24(21)31-2/h6,8-14,20H,5,7H2,1-4H3/t20-/m0/s1. The fourth-order valence-corrected chi connectivity index (χ4v) is 4.70. The molecule has 0 bridgehead atoms. The average Bonchev–Trinajstić information content (AvgIpc) is 3.11. The molecule has 0 saturated carbocycles. The Balaban J connectivity index is 1.95. The molecule has 1 aliphatic carbocycles. The number of hydrogen-bond acceptors (Lipinski definition) is 8. The van der Waals surface area contributed by atoms with Crippen LogP contribution >= 0.6 is 11.8 Å². The maximum Gasteiger partial charge on any atom is 0.338 e. The van der Waals surface area contributed by atoms with Crippen molar-refractivity contribution in [3.8, 4) is 28.4 Å². The first-order valence-electron chi connectivity index (χ1n) is 10.7. The van der Waals surface area contributed by atoms with Crippen molar-refractivity contribution in [2.75, 3.05) is 27.6 Å². The molecule has 2 aromatic carbocycles. The summed E-state index contributed by atoms with van der Waals surface area (Å²) in [7, 11) is 4.69. The van der Waals surface area contributed by atoms with E-state index in [4.69, 9.17) is 18.9 Å². The Labute approximate surface area is 202 Å². The number of ether oxygens (including phenoxy) is 4. The summed E-state index contributed by atoms with van der Waals surface area (Å²) in [6, 6.07) is 10.4. The molecular formula is C26H25NO6S. The molecule has 8 heteroatoms. The molecular weight excluding hydrogens is 454 g/mol. The largest absolute Gasteiger partial charge is 0.493 e. The number of carbonyl (C=O) groups is 1. The summed E-state index contributed by atoms with van der Waals surface area (Å²) < 4.78 is 22.9. The molecule has 1 aliphatic rings. The second kappa shape index (κ2) is 10.2. The highest BCUT2D eigenvalue weighted by molar-refractivity contribution is 7.98. The quantitative estimate of drug-likeness (QED) is 0.372. The first-order valence-corrected chi connectivity index (χ1v) is 11.9. The SMILES string of the molecule is COc1cc2c(c(OC)c1OC)-c1ccc(SC)c(=O)cc1[C@@H](OC(=O)c1ccncc1)CC2. The number of aromatic nitrogens is 1. The molecule has 0 spiro atoms. The van der Waals surface area contributed by atoms with E-state index >= 15 is 0 Å². The van der Waals surface area contributed by atoms with Crippen LogP contribution in [-0.2, 0) is 11.2 Å². The van der Waals surface area contributed by atoms with Crippen LogP contribution in [0.3, 0.4) is 0 Å². The van der Waals surface area contributed by atoms with Crippen LogP contribution < -0.4 is 19.6 Å². The van der Waals surface area contributed by atoms with Crippen LogP contribution in [0.15, 0.2) is 58.5 Å². The summed E-state index contributed by atoms with van der Waals surface area (Å²) in [4.78, 5) is 30.4. The Kier molecular flexibility index (Phi) is 7.07. The minimum atomic E-state index is -0.639. The Hall–Kier alpha value is -3.52. The summed E-state index contributed by atoms with van der Waals surface area (Å²) in [5.41, 5.74) is 3.36. The first kappa shape index (κ1) is 23.6. The van der Waals surface area contributed by atoms with Gasteiger partial charge in [0.25, 0.3) is 0 Å².